The van der Waals surface area contributed by atoms with Crippen LogP contribution in [0, 0.1) is 5.92 Å². The first-order valence-electron chi connectivity index (χ1n) is 15.1. The summed E-state index contributed by atoms with van der Waals surface area (Å²) in [5, 5.41) is 20.4. The lowest BCUT2D eigenvalue weighted by atomic mass is 9.82. The Balaban J connectivity index is 1.29. The maximum absolute atomic E-state index is 16.1. The number of fused-ring (bicyclic) bond motifs is 4. The Morgan fingerprint density at radius 3 is 2.60 bits per heavy atom. The van der Waals surface area contributed by atoms with Gasteiger partial charge in [-0.15, -0.1) is 5.10 Å². The number of carbonyl (C=O) groups excluding carboxylic acids is 2. The van der Waals surface area contributed by atoms with E-state index in [0.29, 0.717) is 64.8 Å². The third-order valence-electron chi connectivity index (χ3n) is 9.20. The number of aliphatic hydroxyl groups is 1. The predicted octanol–water partition coefficient (Wildman–Crippen LogP) is 5.71. The predicted molar refractivity (Wildman–Crippen MR) is 168 cm³/mol. The molecule has 12 heteroatoms. The van der Waals surface area contributed by atoms with Crippen LogP contribution in [0.1, 0.15) is 35.0 Å². The van der Waals surface area contributed by atoms with Crippen LogP contribution in [0.3, 0.4) is 0 Å². The highest BCUT2D eigenvalue weighted by molar-refractivity contribution is 6.72. The van der Waals surface area contributed by atoms with Crippen LogP contribution in [0.5, 0.6) is 11.5 Å². The second-order valence-electron chi connectivity index (χ2n) is 12.4. The number of hydrogen-bond donors (Lipinski definition) is 2. The summed E-state index contributed by atoms with van der Waals surface area (Å²) in [6.07, 6.45) is 2.03. The van der Waals surface area contributed by atoms with E-state index < -0.39 is 31.6 Å². The monoisotopic (exact) mass is 627 g/mol. The van der Waals surface area contributed by atoms with Crippen molar-refractivity contribution < 1.29 is 28.3 Å². The first-order chi connectivity index (χ1) is 21.6. The fourth-order valence-corrected chi connectivity index (χ4v) is 9.81. The van der Waals surface area contributed by atoms with Gasteiger partial charge in [0.25, 0.3) is 11.8 Å². The van der Waals surface area contributed by atoms with E-state index >= 15 is 4.11 Å². The molecule has 232 valence electrons. The lowest BCUT2D eigenvalue weighted by Crippen LogP contribution is -2.42. The number of nitrogens with one attached hydrogen (secondary N) is 1. The van der Waals surface area contributed by atoms with Gasteiger partial charge in [-0.25, -0.2) is 0 Å². The van der Waals surface area contributed by atoms with Crippen molar-refractivity contribution in [2.45, 2.75) is 56.7 Å². The van der Waals surface area contributed by atoms with Crippen LogP contribution < -0.4 is 15.0 Å². The fraction of sp³-hybridized carbons (Fsp3) is 0.333. The molecule has 4 aromatic rings. The van der Waals surface area contributed by atoms with E-state index in [1.54, 1.807) is 59.2 Å². The molecule has 4 heterocycles. The van der Waals surface area contributed by atoms with E-state index in [1.165, 1.54) is 0 Å². The first-order valence-corrected chi connectivity index (χ1v) is 18.1. The SMILES string of the molecule is C[C@@H]1[C@@H]([Si](C)(C)F)[C@H](CCn2cc(CCO)nn2)O[C@@]12C(=O)Nc1ccc(N3C(=O)c4ccccc4Oc4ccccc43)cc12. The number of amides is 2. The van der Waals surface area contributed by atoms with Crippen LogP contribution in [0.15, 0.2) is 72.9 Å². The average Bonchev–Trinajstić information content (AvgIpc) is 3.64. The number of nitrogens with zero attached hydrogens (tertiary/aromatic N) is 4. The Hall–Kier alpha value is -4.39. The van der Waals surface area contributed by atoms with E-state index in [2.05, 4.69) is 15.6 Å². The summed E-state index contributed by atoms with van der Waals surface area (Å²) in [6, 6.07) is 19.8. The molecule has 1 aromatic heterocycles. The summed E-state index contributed by atoms with van der Waals surface area (Å²) in [6.45, 7) is 5.60. The summed E-state index contributed by atoms with van der Waals surface area (Å²) >= 11 is 0. The first kappa shape index (κ1) is 29.3. The molecule has 10 nitrogen and oxygen atoms in total. The van der Waals surface area contributed by atoms with Gasteiger partial charge in [0.15, 0.2) is 11.4 Å². The second-order valence-corrected chi connectivity index (χ2v) is 16.2. The van der Waals surface area contributed by atoms with E-state index in [9.17, 15) is 14.7 Å². The molecule has 0 radical (unpaired) electrons. The summed E-state index contributed by atoms with van der Waals surface area (Å²) in [4.78, 5) is 29.6. The van der Waals surface area contributed by atoms with Gasteiger partial charge in [-0.2, -0.15) is 0 Å². The molecule has 1 fully saturated rings. The molecule has 3 aliphatic rings. The van der Waals surface area contributed by atoms with Crippen LogP contribution >= 0.6 is 0 Å². The van der Waals surface area contributed by atoms with E-state index in [-0.39, 0.29) is 18.4 Å². The van der Waals surface area contributed by atoms with Crippen molar-refractivity contribution in [3.05, 3.63) is 89.7 Å². The van der Waals surface area contributed by atoms with Crippen molar-refractivity contribution in [1.29, 1.82) is 0 Å². The van der Waals surface area contributed by atoms with E-state index in [1.807, 2.05) is 43.3 Å². The molecule has 0 aliphatic carbocycles. The Bertz CT molecular complexity index is 1810. The highest BCUT2D eigenvalue weighted by atomic mass is 28.4. The van der Waals surface area contributed by atoms with Gasteiger partial charge in [0, 0.05) is 54.2 Å². The molecule has 7 rings (SSSR count). The minimum absolute atomic E-state index is 0.0289. The van der Waals surface area contributed by atoms with Crippen LogP contribution in [0.2, 0.25) is 18.6 Å². The molecule has 0 saturated carbocycles. The number of para-hydroxylation sites is 3. The Morgan fingerprint density at radius 2 is 1.82 bits per heavy atom. The molecule has 2 amide bonds. The number of carbonyl (C=O) groups is 2. The molecule has 3 aliphatic heterocycles. The third-order valence-corrected chi connectivity index (χ3v) is 11.7. The Labute approximate surface area is 260 Å². The highest BCUT2D eigenvalue weighted by Crippen LogP contribution is 2.59. The number of rotatable bonds is 7. The standard InChI is InChI=1S/C33H34FN5O5Si/c1-20-30(45(2,3)34)29(14-16-38-19-21(15-17-40)36-37-38)44-33(20)24-18-22(12-13-25(24)35-32(33)42)39-26-9-5-7-11-28(26)43-27-10-6-4-8-23(27)31(39)41/h4-13,18-20,29-30,40H,14-17H2,1-3H3,(H,35,42)/t20-,29+,30-,33+/m1/s1. The fourth-order valence-electron chi connectivity index (χ4n) is 7.27. The minimum atomic E-state index is -3.36. The zero-order valence-corrected chi connectivity index (χ0v) is 26.2. The van der Waals surface area contributed by atoms with Crippen molar-refractivity contribution >= 4 is 37.3 Å². The van der Waals surface area contributed by atoms with Gasteiger partial charge in [0.1, 0.15) is 5.75 Å². The van der Waals surface area contributed by atoms with Gasteiger partial charge in [-0.3, -0.25) is 19.2 Å². The molecule has 2 N–H and O–H groups in total. The van der Waals surface area contributed by atoms with Crippen LogP contribution in [0.25, 0.3) is 0 Å². The van der Waals surface area contributed by atoms with Crippen molar-refractivity contribution in [3.8, 4) is 11.5 Å². The molecule has 45 heavy (non-hydrogen) atoms. The molecule has 4 atom stereocenters. The summed E-state index contributed by atoms with van der Waals surface area (Å²) < 4.78 is 30.7. The van der Waals surface area contributed by atoms with Gasteiger partial charge in [0.05, 0.1) is 23.0 Å². The number of anilines is 3. The summed E-state index contributed by atoms with van der Waals surface area (Å²) in [5.74, 6) is -0.121. The zero-order valence-electron chi connectivity index (χ0n) is 25.2. The lowest BCUT2D eigenvalue weighted by molar-refractivity contribution is -0.143. The second kappa shape index (κ2) is 10.9. The Kier molecular flexibility index (Phi) is 7.10. The molecule has 3 aromatic carbocycles. The van der Waals surface area contributed by atoms with Crippen LogP contribution in [0.4, 0.5) is 21.2 Å². The number of aryl methyl sites for hydroxylation is 1. The van der Waals surface area contributed by atoms with Crippen LogP contribution in [-0.4, -0.2) is 53.0 Å². The van der Waals surface area contributed by atoms with Gasteiger partial charge in [-0.05, 0) is 62.0 Å². The normalized spacial score (nSPS) is 23.8. The van der Waals surface area contributed by atoms with Gasteiger partial charge >= 0.3 is 0 Å². The van der Waals surface area contributed by atoms with Crippen molar-refractivity contribution in [2.75, 3.05) is 16.8 Å². The molecular formula is C33H34FN5O5Si. The largest absolute Gasteiger partial charge is 0.454 e. The summed E-state index contributed by atoms with van der Waals surface area (Å²) in [7, 11) is -3.36. The van der Waals surface area contributed by atoms with Gasteiger partial charge in [-0.1, -0.05) is 36.4 Å². The van der Waals surface area contributed by atoms with Crippen molar-refractivity contribution in [2.24, 2.45) is 5.92 Å². The van der Waals surface area contributed by atoms with Gasteiger partial charge in [0.2, 0.25) is 8.41 Å². The van der Waals surface area contributed by atoms with Crippen LogP contribution in [-0.2, 0) is 28.1 Å². The summed E-state index contributed by atoms with van der Waals surface area (Å²) in [5.41, 5.74) is 1.40. The van der Waals surface area contributed by atoms with E-state index in [4.69, 9.17) is 9.47 Å². The van der Waals surface area contributed by atoms with E-state index in [0.717, 1.165) is 0 Å². The minimum Gasteiger partial charge on any atom is -0.454 e. The molecule has 0 bridgehead atoms. The lowest BCUT2D eigenvalue weighted by Gasteiger charge is -2.31. The molecular weight excluding hydrogens is 593 g/mol. The number of benzene rings is 3. The number of ether oxygens (including phenoxy) is 2. The maximum Gasteiger partial charge on any atom is 0.266 e. The topological polar surface area (TPSA) is 119 Å². The van der Waals surface area contributed by atoms with Crippen molar-refractivity contribution in [3.63, 3.8) is 0 Å². The molecule has 1 saturated heterocycles. The maximum atomic E-state index is 16.1. The quantitative estimate of drug-likeness (QED) is 0.199. The van der Waals surface area contributed by atoms with Gasteiger partial charge < -0.3 is 24.0 Å². The number of halogens is 1. The molecule has 0 unspecified atom stereocenters. The Morgan fingerprint density at radius 1 is 1.07 bits per heavy atom. The molecule has 1 spiro atoms. The average molecular weight is 628 g/mol. The smallest absolute Gasteiger partial charge is 0.266 e. The van der Waals surface area contributed by atoms with Crippen molar-refractivity contribution in [1.82, 2.24) is 15.0 Å². The number of aliphatic hydroxyl groups excluding tert-OH is 1. The zero-order chi connectivity index (χ0) is 31.5. The third kappa shape index (κ3) is 4.75. The number of aromatic nitrogens is 3. The highest BCUT2D eigenvalue weighted by Gasteiger charge is 2.65. The number of hydrogen-bond acceptors (Lipinski definition) is 7.